The van der Waals surface area contributed by atoms with E-state index in [2.05, 4.69) is 19.6 Å². The average Bonchev–Trinajstić information content (AvgIpc) is 2.52. The summed E-state index contributed by atoms with van der Waals surface area (Å²) < 4.78 is 18.3. The molecule has 0 amide bonds. The summed E-state index contributed by atoms with van der Waals surface area (Å²) in [5, 5.41) is 0.618. The third kappa shape index (κ3) is 3.53. The van der Waals surface area contributed by atoms with Crippen molar-refractivity contribution < 1.29 is 13.7 Å². The number of aryl methyl sites for hydroxylation is 1. The predicted molar refractivity (Wildman–Crippen MR) is 95.9 cm³/mol. The van der Waals surface area contributed by atoms with Crippen LogP contribution in [0.5, 0.6) is 5.75 Å². The van der Waals surface area contributed by atoms with Crippen LogP contribution in [0.2, 0.25) is 24.7 Å². The van der Waals surface area contributed by atoms with Gasteiger partial charge >= 0.3 is 7.12 Å². The van der Waals surface area contributed by atoms with Crippen LogP contribution >= 0.6 is 11.6 Å². The van der Waals surface area contributed by atoms with E-state index in [-0.39, 0.29) is 11.2 Å². The zero-order valence-corrected chi connectivity index (χ0v) is 16.6. The van der Waals surface area contributed by atoms with Gasteiger partial charge in [-0.05, 0) is 71.4 Å². The molecule has 1 aromatic rings. The minimum atomic E-state index is -1.70. The first-order chi connectivity index (χ1) is 9.82. The van der Waals surface area contributed by atoms with Crippen molar-refractivity contribution in [1.82, 2.24) is 0 Å². The van der Waals surface area contributed by atoms with Crippen molar-refractivity contribution in [2.24, 2.45) is 0 Å². The molecule has 0 aliphatic carbocycles. The van der Waals surface area contributed by atoms with Crippen LogP contribution in [0.15, 0.2) is 12.1 Å². The van der Waals surface area contributed by atoms with Gasteiger partial charge in [-0.2, -0.15) is 0 Å². The van der Waals surface area contributed by atoms with E-state index in [4.69, 9.17) is 25.3 Å². The second-order valence-electron chi connectivity index (χ2n) is 7.95. The topological polar surface area (TPSA) is 27.7 Å². The quantitative estimate of drug-likeness (QED) is 0.773. The molecule has 2 rings (SSSR count). The van der Waals surface area contributed by atoms with E-state index in [9.17, 15) is 0 Å². The summed E-state index contributed by atoms with van der Waals surface area (Å²) in [6, 6.07) is 3.94. The zero-order valence-electron chi connectivity index (χ0n) is 14.8. The number of hydrogen-bond acceptors (Lipinski definition) is 3. The van der Waals surface area contributed by atoms with Crippen molar-refractivity contribution in [3.05, 3.63) is 22.7 Å². The highest BCUT2D eigenvalue weighted by atomic mass is 35.5. The van der Waals surface area contributed by atoms with Gasteiger partial charge in [-0.1, -0.05) is 17.7 Å². The molecular formula is C16H26BClO3Si. The van der Waals surface area contributed by atoms with Gasteiger partial charge in [0, 0.05) is 0 Å². The van der Waals surface area contributed by atoms with E-state index >= 15 is 0 Å². The van der Waals surface area contributed by atoms with Crippen LogP contribution in [-0.2, 0) is 9.31 Å². The highest BCUT2D eigenvalue weighted by Gasteiger charge is 2.51. The lowest BCUT2D eigenvalue weighted by Crippen LogP contribution is -2.41. The molecule has 0 atom stereocenters. The fraction of sp³-hybridized carbons (Fsp3) is 0.625. The van der Waals surface area contributed by atoms with E-state index in [0.29, 0.717) is 5.02 Å². The molecular weight excluding hydrogens is 315 g/mol. The van der Waals surface area contributed by atoms with Crippen molar-refractivity contribution in [2.45, 2.75) is 65.5 Å². The maximum absolute atomic E-state index is 6.45. The summed E-state index contributed by atoms with van der Waals surface area (Å²) in [6.45, 7) is 16.6. The highest BCUT2D eigenvalue weighted by molar-refractivity contribution is 6.70. The van der Waals surface area contributed by atoms with Crippen LogP contribution < -0.4 is 9.89 Å². The molecule has 22 heavy (non-hydrogen) atoms. The van der Waals surface area contributed by atoms with E-state index in [1.807, 2.05) is 46.8 Å². The minimum Gasteiger partial charge on any atom is -0.543 e. The van der Waals surface area contributed by atoms with Gasteiger partial charge in [-0.15, -0.1) is 0 Å². The summed E-state index contributed by atoms with van der Waals surface area (Å²) >= 11 is 6.45. The molecule has 1 aliphatic heterocycles. The first kappa shape index (κ1) is 17.9. The summed E-state index contributed by atoms with van der Waals surface area (Å²) in [6.07, 6.45) is 0. The van der Waals surface area contributed by atoms with Gasteiger partial charge in [0.1, 0.15) is 5.75 Å². The number of hydrogen-bond donors (Lipinski definition) is 0. The molecule has 0 bridgehead atoms. The number of rotatable bonds is 3. The Balaban J connectivity index is 2.32. The van der Waals surface area contributed by atoms with Gasteiger partial charge < -0.3 is 13.7 Å². The third-order valence-corrected chi connectivity index (χ3v) is 5.28. The van der Waals surface area contributed by atoms with Gasteiger partial charge in [-0.25, -0.2) is 0 Å². The number of halogens is 1. The summed E-state index contributed by atoms with van der Waals surface area (Å²) in [5.74, 6) is 0.779. The molecule has 1 saturated heterocycles. The fourth-order valence-corrected chi connectivity index (χ4v) is 3.57. The molecule has 1 aliphatic rings. The standard InChI is InChI=1S/C16H26BClO3Si/c1-11-9-12(10-13(18)14(11)19-22(6,7)8)17-20-15(2,3)16(4,5)21-17/h9-10H,1-8H3. The van der Waals surface area contributed by atoms with Crippen molar-refractivity contribution >= 4 is 32.5 Å². The fourth-order valence-electron chi connectivity index (χ4n) is 2.31. The Morgan fingerprint density at radius 1 is 1.05 bits per heavy atom. The zero-order chi connectivity index (χ0) is 16.9. The Bertz CT molecular complexity index is 542. The lowest BCUT2D eigenvalue weighted by atomic mass is 9.78. The molecule has 0 aromatic heterocycles. The van der Waals surface area contributed by atoms with Crippen LogP contribution in [0.1, 0.15) is 33.3 Å². The van der Waals surface area contributed by atoms with Crippen LogP contribution in [-0.4, -0.2) is 26.6 Å². The Kier molecular flexibility index (Phi) is 4.51. The van der Waals surface area contributed by atoms with Crippen LogP contribution in [0.25, 0.3) is 0 Å². The first-order valence-electron chi connectivity index (χ1n) is 7.67. The molecule has 0 saturated carbocycles. The van der Waals surface area contributed by atoms with E-state index < -0.39 is 15.4 Å². The maximum Gasteiger partial charge on any atom is 0.494 e. The molecule has 0 radical (unpaired) electrons. The first-order valence-corrected chi connectivity index (χ1v) is 11.5. The minimum absolute atomic E-state index is 0.356. The van der Waals surface area contributed by atoms with E-state index in [1.54, 1.807) is 0 Å². The van der Waals surface area contributed by atoms with Gasteiger partial charge in [-0.3, -0.25) is 0 Å². The SMILES string of the molecule is Cc1cc(B2OC(C)(C)C(C)(C)O2)cc(Cl)c1O[Si](C)(C)C. The third-order valence-electron chi connectivity index (χ3n) is 4.19. The molecule has 6 heteroatoms. The molecule has 3 nitrogen and oxygen atoms in total. The second-order valence-corrected chi connectivity index (χ2v) is 12.8. The summed E-state index contributed by atoms with van der Waals surface area (Å²) in [7, 11) is -2.10. The Morgan fingerprint density at radius 2 is 1.55 bits per heavy atom. The van der Waals surface area contributed by atoms with Crippen LogP contribution in [0, 0.1) is 6.92 Å². The van der Waals surface area contributed by atoms with Crippen LogP contribution in [0.4, 0.5) is 0 Å². The smallest absolute Gasteiger partial charge is 0.494 e. The number of benzene rings is 1. The van der Waals surface area contributed by atoms with Crippen molar-refractivity contribution in [3.8, 4) is 5.75 Å². The molecule has 1 heterocycles. The van der Waals surface area contributed by atoms with Crippen LogP contribution in [0.3, 0.4) is 0 Å². The summed E-state index contributed by atoms with van der Waals surface area (Å²) in [4.78, 5) is 0. The van der Waals surface area contributed by atoms with Gasteiger partial charge in [0.15, 0.2) is 0 Å². The Morgan fingerprint density at radius 3 is 1.95 bits per heavy atom. The second kappa shape index (κ2) is 5.55. The van der Waals surface area contributed by atoms with Gasteiger partial charge in [0.25, 0.3) is 0 Å². The molecule has 0 spiro atoms. The monoisotopic (exact) mass is 340 g/mol. The molecule has 1 fully saturated rings. The van der Waals surface area contributed by atoms with Crippen molar-refractivity contribution in [2.75, 3.05) is 0 Å². The molecule has 1 aromatic carbocycles. The summed E-state index contributed by atoms with van der Waals surface area (Å²) in [5.41, 5.74) is 1.24. The normalized spacial score (nSPS) is 20.3. The highest BCUT2D eigenvalue weighted by Crippen LogP contribution is 2.37. The van der Waals surface area contributed by atoms with E-state index in [0.717, 1.165) is 16.8 Å². The van der Waals surface area contributed by atoms with Crippen molar-refractivity contribution in [3.63, 3.8) is 0 Å². The predicted octanol–water partition coefficient (Wildman–Crippen LogP) is 4.16. The lowest BCUT2D eigenvalue weighted by Gasteiger charge is -2.32. The Labute approximate surface area is 140 Å². The van der Waals surface area contributed by atoms with Gasteiger partial charge in [0.05, 0.1) is 16.2 Å². The maximum atomic E-state index is 6.45. The van der Waals surface area contributed by atoms with Crippen molar-refractivity contribution in [1.29, 1.82) is 0 Å². The largest absolute Gasteiger partial charge is 0.543 e. The Hall–Kier alpha value is -0.488. The molecule has 122 valence electrons. The molecule has 0 N–H and O–H groups in total. The average molecular weight is 341 g/mol. The van der Waals surface area contributed by atoms with Gasteiger partial charge in [0.2, 0.25) is 8.32 Å². The van der Waals surface area contributed by atoms with E-state index in [1.165, 1.54) is 0 Å². The molecule has 0 unspecified atom stereocenters. The lowest BCUT2D eigenvalue weighted by molar-refractivity contribution is 0.00578.